The normalized spacial score (nSPS) is 12.6. The second-order valence-electron chi connectivity index (χ2n) is 5.10. The number of rotatable bonds is 4. The lowest BCUT2D eigenvalue weighted by Gasteiger charge is -2.04. The summed E-state index contributed by atoms with van der Waals surface area (Å²) in [7, 11) is -8.57. The summed E-state index contributed by atoms with van der Waals surface area (Å²) in [6.45, 7) is 0. The molecule has 0 bridgehead atoms. The molecule has 4 N–H and O–H groups in total. The number of aromatic nitrogens is 3. The molecule has 9 nitrogen and oxygen atoms in total. The minimum atomic E-state index is -4.31. The molecule has 1 heterocycles. The molecule has 3 aromatic rings. The van der Waals surface area contributed by atoms with E-state index in [1.54, 1.807) is 6.07 Å². The molecule has 0 unspecified atom stereocenters. The van der Waals surface area contributed by atoms with Crippen LogP contribution in [0, 0.1) is 0 Å². The van der Waals surface area contributed by atoms with E-state index >= 15 is 0 Å². The molecular weight excluding hydrogens is 354 g/mol. The summed E-state index contributed by atoms with van der Waals surface area (Å²) >= 11 is 0. The van der Waals surface area contributed by atoms with Crippen LogP contribution < -0.4 is 10.3 Å². The first kappa shape index (κ1) is 16.5. The highest BCUT2D eigenvalue weighted by atomic mass is 32.2. The lowest BCUT2D eigenvalue weighted by atomic mass is 10.1. The summed E-state index contributed by atoms with van der Waals surface area (Å²) in [6, 6.07) is 13.1. The van der Waals surface area contributed by atoms with Crippen molar-refractivity contribution in [3.8, 4) is 0 Å². The molecule has 0 aliphatic carbocycles. The van der Waals surface area contributed by atoms with Crippen LogP contribution in [0.5, 0.6) is 0 Å². The van der Waals surface area contributed by atoms with Gasteiger partial charge in [-0.15, -0.1) is 9.19 Å². The lowest BCUT2D eigenvalue weighted by Crippen LogP contribution is -2.25. The third-order valence-corrected chi connectivity index (χ3v) is 4.75. The first-order valence-corrected chi connectivity index (χ1v) is 9.69. The molecule has 3 rings (SSSR count). The first-order chi connectivity index (χ1) is 11.1. The molecule has 11 heteroatoms. The van der Waals surface area contributed by atoms with Crippen LogP contribution in [0.1, 0.15) is 11.4 Å². The summed E-state index contributed by atoms with van der Waals surface area (Å²) < 4.78 is 46.3. The molecule has 0 spiro atoms. The maximum atomic E-state index is 11.6. The minimum Gasteiger partial charge on any atom is -0.222 e. The van der Waals surface area contributed by atoms with Gasteiger partial charge in [0.2, 0.25) is 0 Å². The number of primary sulfonamides is 1. The number of hydrogen-bond acceptors (Lipinski definition) is 6. The molecule has 1 aromatic heterocycles. The van der Waals surface area contributed by atoms with Gasteiger partial charge in [0.15, 0.2) is 5.82 Å². The monoisotopic (exact) mass is 367 g/mol. The highest BCUT2D eigenvalue weighted by Gasteiger charge is 2.23. The fourth-order valence-corrected chi connectivity index (χ4v) is 3.34. The molecule has 0 atom stereocenters. The van der Waals surface area contributed by atoms with Gasteiger partial charge in [-0.2, -0.15) is 13.4 Å². The molecule has 0 saturated heterocycles. The zero-order valence-electron chi connectivity index (χ0n) is 12.2. The molecule has 2 aromatic carbocycles. The molecule has 0 amide bonds. The molecule has 0 saturated carbocycles. The van der Waals surface area contributed by atoms with Crippen molar-refractivity contribution in [2.24, 2.45) is 10.3 Å². The van der Waals surface area contributed by atoms with E-state index in [-0.39, 0.29) is 12.2 Å². The van der Waals surface area contributed by atoms with Crippen LogP contribution >= 0.6 is 0 Å². The number of fused-ring (bicyclic) bond motifs is 1. The molecule has 0 radical (unpaired) electrons. The molecule has 24 heavy (non-hydrogen) atoms. The fraction of sp³-hybridized carbons (Fsp3) is 0.0769. The van der Waals surface area contributed by atoms with Gasteiger partial charge in [0.05, 0.1) is 0 Å². The molecule has 0 aliphatic heterocycles. The Bertz CT molecular complexity index is 1140. The van der Waals surface area contributed by atoms with Gasteiger partial charge in [-0.3, -0.25) is 0 Å². The van der Waals surface area contributed by atoms with Crippen molar-refractivity contribution in [2.75, 3.05) is 0 Å². The highest BCUT2D eigenvalue weighted by Crippen LogP contribution is 2.18. The van der Waals surface area contributed by atoms with E-state index in [9.17, 15) is 16.8 Å². The smallest absolute Gasteiger partial charge is 0.222 e. The Labute approximate surface area is 138 Å². The van der Waals surface area contributed by atoms with E-state index in [0.717, 1.165) is 10.8 Å². The van der Waals surface area contributed by atoms with Gasteiger partial charge in [0, 0.05) is 6.42 Å². The fourth-order valence-electron chi connectivity index (χ4n) is 2.27. The Hall–Kier alpha value is -2.34. The lowest BCUT2D eigenvalue weighted by molar-refractivity contribution is 0.575. The van der Waals surface area contributed by atoms with Crippen LogP contribution in [0.3, 0.4) is 0 Å². The third-order valence-electron chi connectivity index (χ3n) is 3.29. The molecular formula is C13H13N5O4S2. The number of nitrogens with zero attached hydrogens (tertiary/aromatic N) is 3. The van der Waals surface area contributed by atoms with Crippen molar-refractivity contribution in [2.45, 2.75) is 11.6 Å². The average molecular weight is 367 g/mol. The molecule has 0 fully saturated rings. The summed E-state index contributed by atoms with van der Waals surface area (Å²) in [5.41, 5.74) is 0.715. The zero-order chi connectivity index (χ0) is 17.5. The Balaban J connectivity index is 2.09. The maximum Gasteiger partial charge on any atom is 0.319 e. The van der Waals surface area contributed by atoms with Gasteiger partial charge >= 0.3 is 10.2 Å². The SMILES string of the molecule is NS(=O)(=O)c1nc(Cc2ccc3ccccc3c2)n(S(N)(=O)=O)n1. The summed E-state index contributed by atoms with van der Waals surface area (Å²) in [6.07, 6.45) is 0.0176. The van der Waals surface area contributed by atoms with Gasteiger partial charge in [-0.05, 0) is 16.3 Å². The summed E-state index contributed by atoms with van der Waals surface area (Å²) in [5.74, 6) is -0.142. The number of hydrogen-bond donors (Lipinski definition) is 2. The van der Waals surface area contributed by atoms with Crippen LogP contribution in [0.2, 0.25) is 0 Å². The van der Waals surface area contributed by atoms with Crippen LogP contribution in [-0.4, -0.2) is 31.0 Å². The maximum absolute atomic E-state index is 11.6. The Kier molecular flexibility index (Phi) is 3.87. The first-order valence-electron chi connectivity index (χ1n) is 6.64. The quantitative estimate of drug-likeness (QED) is 0.647. The second-order valence-corrected chi connectivity index (χ2v) is 7.93. The minimum absolute atomic E-state index is 0.0176. The zero-order valence-corrected chi connectivity index (χ0v) is 13.8. The van der Waals surface area contributed by atoms with Crippen LogP contribution in [-0.2, 0) is 26.7 Å². The van der Waals surface area contributed by atoms with Crippen LogP contribution in [0.25, 0.3) is 10.8 Å². The predicted molar refractivity (Wildman–Crippen MR) is 86.7 cm³/mol. The van der Waals surface area contributed by atoms with E-state index in [0.29, 0.717) is 9.65 Å². The van der Waals surface area contributed by atoms with Gasteiger partial charge < -0.3 is 0 Å². The van der Waals surface area contributed by atoms with Crippen molar-refractivity contribution in [3.05, 3.63) is 53.9 Å². The molecule has 126 valence electrons. The van der Waals surface area contributed by atoms with E-state index in [1.807, 2.05) is 36.4 Å². The molecule has 0 aliphatic rings. The second kappa shape index (κ2) is 5.63. The van der Waals surface area contributed by atoms with Crippen molar-refractivity contribution in [1.82, 2.24) is 14.2 Å². The Morgan fingerprint density at radius 3 is 2.25 bits per heavy atom. The average Bonchev–Trinajstić information content (AvgIpc) is 2.91. The topological polar surface area (TPSA) is 151 Å². The van der Waals surface area contributed by atoms with Crippen molar-refractivity contribution in [1.29, 1.82) is 0 Å². The number of sulfonamides is 1. The van der Waals surface area contributed by atoms with Crippen molar-refractivity contribution in [3.63, 3.8) is 0 Å². The van der Waals surface area contributed by atoms with E-state index < -0.39 is 25.4 Å². The van der Waals surface area contributed by atoms with Crippen LogP contribution in [0.4, 0.5) is 0 Å². The van der Waals surface area contributed by atoms with Gasteiger partial charge in [-0.1, -0.05) is 42.5 Å². The number of nitrogens with two attached hydrogens (primary N) is 2. The van der Waals surface area contributed by atoms with E-state index in [1.165, 1.54) is 0 Å². The standard InChI is InChI=1S/C13H13N5O4S2/c14-23(19,20)13-16-12(18(17-13)24(15,21)22)8-9-5-6-10-3-1-2-4-11(10)7-9/h1-7H,8H2,(H2,14,19,20)(H2,15,21,22). The van der Waals surface area contributed by atoms with Crippen molar-refractivity contribution >= 4 is 31.0 Å². The Morgan fingerprint density at radius 1 is 0.958 bits per heavy atom. The van der Waals surface area contributed by atoms with Gasteiger partial charge in [-0.25, -0.2) is 18.7 Å². The van der Waals surface area contributed by atoms with Crippen LogP contribution in [0.15, 0.2) is 47.6 Å². The van der Waals surface area contributed by atoms with Gasteiger partial charge in [0.1, 0.15) is 0 Å². The largest absolute Gasteiger partial charge is 0.319 e. The van der Waals surface area contributed by atoms with E-state index in [2.05, 4.69) is 10.1 Å². The number of benzene rings is 2. The van der Waals surface area contributed by atoms with E-state index in [4.69, 9.17) is 10.3 Å². The Morgan fingerprint density at radius 2 is 1.62 bits per heavy atom. The summed E-state index contributed by atoms with van der Waals surface area (Å²) in [5, 5.41) is 14.6. The third kappa shape index (κ3) is 3.28. The summed E-state index contributed by atoms with van der Waals surface area (Å²) in [4.78, 5) is 3.70. The van der Waals surface area contributed by atoms with Gasteiger partial charge in [0.25, 0.3) is 15.2 Å². The highest BCUT2D eigenvalue weighted by molar-refractivity contribution is 7.89. The van der Waals surface area contributed by atoms with Crippen molar-refractivity contribution < 1.29 is 16.8 Å². The predicted octanol–water partition coefficient (Wildman–Crippen LogP) is -0.279.